The van der Waals surface area contributed by atoms with Crippen LogP contribution in [0, 0.1) is 0 Å². The van der Waals surface area contributed by atoms with Gasteiger partial charge in [0.15, 0.2) is 0 Å². The first-order chi connectivity index (χ1) is 5.14. The fourth-order valence-corrected chi connectivity index (χ4v) is 1.51. The molecule has 0 spiro atoms. The molecule has 62 valence electrons. The Morgan fingerprint density at radius 2 is 2.55 bits per heavy atom. The summed E-state index contributed by atoms with van der Waals surface area (Å²) in [4.78, 5) is 3.97. The average molecular weight is 174 g/mol. The highest BCUT2D eigenvalue weighted by Crippen LogP contribution is 2.17. The van der Waals surface area contributed by atoms with Gasteiger partial charge in [-0.25, -0.2) is 9.37 Å². The smallest absolute Gasteiger partial charge is 0.126 e. The summed E-state index contributed by atoms with van der Waals surface area (Å²) in [6.07, 6.45) is 1.99. The van der Waals surface area contributed by atoms with E-state index in [1.54, 1.807) is 6.20 Å². The van der Waals surface area contributed by atoms with Crippen LogP contribution < -0.4 is 5.73 Å². The second kappa shape index (κ2) is 3.28. The monoisotopic (exact) mass is 174 g/mol. The third-order valence-corrected chi connectivity index (χ3v) is 2.21. The summed E-state index contributed by atoms with van der Waals surface area (Å²) in [6.45, 7) is 1.54. The van der Waals surface area contributed by atoms with Crippen LogP contribution in [0.3, 0.4) is 0 Å². The zero-order chi connectivity index (χ0) is 8.32. The van der Waals surface area contributed by atoms with Gasteiger partial charge in [0.1, 0.15) is 5.67 Å². The molecule has 1 aromatic heterocycles. The molecule has 1 aromatic rings. The summed E-state index contributed by atoms with van der Waals surface area (Å²) in [5, 5.41) is 2.64. The molecule has 0 aliphatic carbocycles. The van der Waals surface area contributed by atoms with Gasteiger partial charge in [-0.05, 0) is 6.92 Å². The first-order valence-electron chi connectivity index (χ1n) is 3.41. The predicted molar refractivity (Wildman–Crippen MR) is 44.4 cm³/mol. The normalized spacial score (nSPS) is 16.3. The van der Waals surface area contributed by atoms with Gasteiger partial charge in [0.2, 0.25) is 0 Å². The topological polar surface area (TPSA) is 38.9 Å². The molecular formula is C7H11FN2S. The lowest BCUT2D eigenvalue weighted by atomic mass is 10.1. The summed E-state index contributed by atoms with van der Waals surface area (Å²) in [6, 6.07) is 0. The number of halogens is 1. The van der Waals surface area contributed by atoms with E-state index in [4.69, 9.17) is 5.73 Å². The van der Waals surface area contributed by atoms with Crippen LogP contribution >= 0.6 is 11.3 Å². The first kappa shape index (κ1) is 8.62. The van der Waals surface area contributed by atoms with Crippen molar-refractivity contribution in [1.82, 2.24) is 4.98 Å². The number of nitrogens with two attached hydrogens (primary N) is 1. The minimum atomic E-state index is -1.31. The van der Waals surface area contributed by atoms with Gasteiger partial charge >= 0.3 is 0 Å². The lowest BCUT2D eigenvalue weighted by molar-refractivity contribution is 0.200. The van der Waals surface area contributed by atoms with E-state index in [1.165, 1.54) is 18.3 Å². The number of thiazole rings is 1. The second-order valence-corrected chi connectivity index (χ2v) is 3.70. The average Bonchev–Trinajstić information content (AvgIpc) is 2.39. The van der Waals surface area contributed by atoms with Gasteiger partial charge in [-0.3, -0.25) is 0 Å². The molecule has 1 heterocycles. The van der Waals surface area contributed by atoms with Gasteiger partial charge in [-0.15, -0.1) is 11.3 Å². The number of alkyl halides is 1. The number of rotatable bonds is 3. The van der Waals surface area contributed by atoms with Crippen molar-refractivity contribution < 1.29 is 4.39 Å². The summed E-state index contributed by atoms with van der Waals surface area (Å²) in [7, 11) is 0. The van der Waals surface area contributed by atoms with Crippen LogP contribution in [0.1, 0.15) is 11.9 Å². The van der Waals surface area contributed by atoms with E-state index >= 15 is 0 Å². The Morgan fingerprint density at radius 1 is 1.82 bits per heavy atom. The Hall–Kier alpha value is -0.480. The van der Waals surface area contributed by atoms with Crippen LogP contribution in [0.4, 0.5) is 4.39 Å². The van der Waals surface area contributed by atoms with Crippen LogP contribution in [-0.4, -0.2) is 17.2 Å². The van der Waals surface area contributed by atoms with Crippen molar-refractivity contribution in [2.24, 2.45) is 5.73 Å². The zero-order valence-corrected chi connectivity index (χ0v) is 7.20. The molecular weight excluding hydrogens is 163 g/mol. The van der Waals surface area contributed by atoms with E-state index in [2.05, 4.69) is 4.98 Å². The fourth-order valence-electron chi connectivity index (χ4n) is 0.728. The van der Waals surface area contributed by atoms with E-state index in [9.17, 15) is 4.39 Å². The van der Waals surface area contributed by atoms with Gasteiger partial charge in [0.05, 0.1) is 5.01 Å². The molecule has 2 nitrogen and oxygen atoms in total. The Bertz CT molecular complexity index is 208. The van der Waals surface area contributed by atoms with E-state index in [1.807, 2.05) is 5.38 Å². The molecule has 0 fully saturated rings. The van der Waals surface area contributed by atoms with Crippen molar-refractivity contribution >= 4 is 11.3 Å². The molecule has 2 N–H and O–H groups in total. The number of aromatic nitrogens is 1. The molecule has 0 amide bonds. The van der Waals surface area contributed by atoms with Crippen LogP contribution in [0.25, 0.3) is 0 Å². The third-order valence-electron chi connectivity index (χ3n) is 1.43. The van der Waals surface area contributed by atoms with Crippen molar-refractivity contribution in [3.63, 3.8) is 0 Å². The van der Waals surface area contributed by atoms with Crippen LogP contribution in [0.2, 0.25) is 0 Å². The molecule has 0 aromatic carbocycles. The van der Waals surface area contributed by atoms with Gasteiger partial charge < -0.3 is 5.73 Å². The highest BCUT2D eigenvalue weighted by molar-refractivity contribution is 7.09. The highest BCUT2D eigenvalue weighted by atomic mass is 32.1. The molecule has 0 saturated carbocycles. The standard InChI is InChI=1S/C7H11FN2S/c1-7(8,5-9)4-6-10-2-3-11-6/h2-3H,4-5,9H2,1H3. The molecule has 11 heavy (non-hydrogen) atoms. The van der Waals surface area contributed by atoms with E-state index < -0.39 is 5.67 Å². The molecule has 1 unspecified atom stereocenters. The minimum Gasteiger partial charge on any atom is -0.328 e. The van der Waals surface area contributed by atoms with Crippen molar-refractivity contribution in [3.8, 4) is 0 Å². The quantitative estimate of drug-likeness (QED) is 0.751. The second-order valence-electron chi connectivity index (χ2n) is 2.72. The lowest BCUT2D eigenvalue weighted by Gasteiger charge is -2.15. The minimum absolute atomic E-state index is 0.0482. The fraction of sp³-hybridized carbons (Fsp3) is 0.571. The lowest BCUT2D eigenvalue weighted by Crippen LogP contribution is -2.31. The van der Waals surface area contributed by atoms with Crippen molar-refractivity contribution in [2.75, 3.05) is 6.54 Å². The summed E-state index contributed by atoms with van der Waals surface area (Å²) < 4.78 is 13.2. The maximum atomic E-state index is 13.2. The van der Waals surface area contributed by atoms with Gasteiger partial charge in [-0.2, -0.15) is 0 Å². The van der Waals surface area contributed by atoms with E-state index in [0.29, 0.717) is 6.42 Å². The van der Waals surface area contributed by atoms with Gasteiger partial charge in [0, 0.05) is 24.5 Å². The Labute approximate surface area is 69.3 Å². The largest absolute Gasteiger partial charge is 0.328 e. The molecule has 0 aliphatic heterocycles. The number of nitrogens with zero attached hydrogens (tertiary/aromatic N) is 1. The molecule has 0 saturated heterocycles. The SMILES string of the molecule is CC(F)(CN)Cc1nccs1. The van der Waals surface area contributed by atoms with Crippen molar-refractivity contribution in [1.29, 1.82) is 0 Å². The first-order valence-corrected chi connectivity index (χ1v) is 4.29. The van der Waals surface area contributed by atoms with Crippen molar-refractivity contribution in [3.05, 3.63) is 16.6 Å². The summed E-state index contributed by atoms with van der Waals surface area (Å²) in [5.41, 5.74) is 3.92. The van der Waals surface area contributed by atoms with Crippen LogP contribution in [-0.2, 0) is 6.42 Å². The third kappa shape index (κ3) is 2.55. The van der Waals surface area contributed by atoms with Gasteiger partial charge in [-0.1, -0.05) is 0 Å². The number of hydrogen-bond acceptors (Lipinski definition) is 3. The number of hydrogen-bond donors (Lipinski definition) is 1. The molecule has 0 radical (unpaired) electrons. The van der Waals surface area contributed by atoms with E-state index in [0.717, 1.165) is 5.01 Å². The Balaban J connectivity index is 2.56. The maximum Gasteiger partial charge on any atom is 0.126 e. The highest BCUT2D eigenvalue weighted by Gasteiger charge is 2.22. The molecule has 0 bridgehead atoms. The predicted octanol–water partition coefficient (Wildman–Crippen LogP) is 1.37. The van der Waals surface area contributed by atoms with E-state index in [-0.39, 0.29) is 6.54 Å². The summed E-state index contributed by atoms with van der Waals surface area (Å²) in [5.74, 6) is 0. The van der Waals surface area contributed by atoms with Crippen LogP contribution in [0.5, 0.6) is 0 Å². The molecule has 4 heteroatoms. The van der Waals surface area contributed by atoms with Crippen LogP contribution in [0.15, 0.2) is 11.6 Å². The zero-order valence-electron chi connectivity index (χ0n) is 6.38. The molecule has 1 rings (SSSR count). The molecule has 1 atom stereocenters. The van der Waals surface area contributed by atoms with Crippen molar-refractivity contribution in [2.45, 2.75) is 19.0 Å². The Kier molecular flexibility index (Phi) is 2.57. The van der Waals surface area contributed by atoms with Gasteiger partial charge in [0.25, 0.3) is 0 Å². The maximum absolute atomic E-state index is 13.2. The summed E-state index contributed by atoms with van der Waals surface area (Å²) >= 11 is 1.46. The Morgan fingerprint density at radius 3 is 3.00 bits per heavy atom. The molecule has 0 aliphatic rings.